The Hall–Kier alpha value is -0.280. The number of hydrogen-bond donors (Lipinski definition) is 3. The van der Waals surface area contributed by atoms with Crippen LogP contribution in [0.3, 0.4) is 0 Å². The van der Waals surface area contributed by atoms with E-state index in [-0.39, 0.29) is 0 Å². The van der Waals surface area contributed by atoms with Crippen LogP contribution < -0.4 is 0 Å². The highest BCUT2D eigenvalue weighted by Crippen LogP contribution is 2.36. The Balaban J connectivity index is 2.09. The molecule has 2 aliphatic heterocycles. The van der Waals surface area contributed by atoms with Crippen LogP contribution in [0.25, 0.3) is 0 Å². The molecule has 6 atom stereocenters. The average molecular weight is 250 g/mol. The van der Waals surface area contributed by atoms with Crippen molar-refractivity contribution >= 4 is 0 Å². The van der Waals surface area contributed by atoms with Crippen LogP contribution in [0.1, 0.15) is 13.8 Å². The molecule has 7 nitrogen and oxygen atoms in total. The second-order valence-corrected chi connectivity index (χ2v) is 4.20. The van der Waals surface area contributed by atoms with Gasteiger partial charge in [-0.25, -0.2) is 0 Å². The Morgan fingerprint density at radius 1 is 1.24 bits per heavy atom. The number of aliphatic hydroxyl groups is 3. The van der Waals surface area contributed by atoms with Gasteiger partial charge in [0.1, 0.15) is 24.4 Å². The van der Waals surface area contributed by atoms with E-state index in [1.54, 1.807) is 13.8 Å². The van der Waals surface area contributed by atoms with E-state index in [2.05, 4.69) is 0 Å². The lowest BCUT2D eigenvalue weighted by atomic mass is 9.99. The molecule has 0 aromatic carbocycles. The van der Waals surface area contributed by atoms with Crippen molar-refractivity contribution in [1.82, 2.24) is 0 Å². The number of aliphatic hydroxyl groups excluding tert-OH is 3. The number of ether oxygens (including phenoxy) is 4. The van der Waals surface area contributed by atoms with Crippen molar-refractivity contribution in [3.8, 4) is 0 Å². The fourth-order valence-corrected chi connectivity index (χ4v) is 2.09. The summed E-state index contributed by atoms with van der Waals surface area (Å²) in [6.45, 7) is 3.31. The summed E-state index contributed by atoms with van der Waals surface area (Å²) in [7, 11) is 0. The first kappa shape index (κ1) is 13.2. The lowest BCUT2D eigenvalue weighted by Crippen LogP contribution is -2.57. The number of rotatable bonds is 3. The van der Waals surface area contributed by atoms with Crippen LogP contribution in [0.2, 0.25) is 0 Å². The number of fused-ring (bicyclic) bond motifs is 1. The van der Waals surface area contributed by atoms with Gasteiger partial charge in [0.25, 0.3) is 5.97 Å². The van der Waals surface area contributed by atoms with Crippen molar-refractivity contribution in [3.05, 3.63) is 0 Å². The lowest BCUT2D eigenvalue weighted by Gasteiger charge is -2.36. The van der Waals surface area contributed by atoms with Crippen LogP contribution in [0.5, 0.6) is 0 Å². The fraction of sp³-hybridized carbons (Fsp3) is 1.00. The van der Waals surface area contributed by atoms with Gasteiger partial charge >= 0.3 is 0 Å². The van der Waals surface area contributed by atoms with Gasteiger partial charge in [0, 0.05) is 13.5 Å². The predicted octanol–water partition coefficient (Wildman–Crippen LogP) is -1.45. The Bertz CT molecular complexity index is 273. The monoisotopic (exact) mass is 250 g/mol. The molecule has 0 bridgehead atoms. The molecule has 0 spiro atoms. The second-order valence-electron chi connectivity index (χ2n) is 4.20. The third kappa shape index (κ3) is 2.32. The first-order valence-electron chi connectivity index (χ1n) is 5.63. The molecule has 7 heteroatoms. The molecule has 0 unspecified atom stereocenters. The molecule has 2 rings (SSSR count). The molecule has 2 heterocycles. The van der Waals surface area contributed by atoms with E-state index >= 15 is 0 Å². The highest BCUT2D eigenvalue weighted by molar-refractivity contribution is 4.93. The van der Waals surface area contributed by atoms with E-state index in [4.69, 9.17) is 24.1 Å². The van der Waals surface area contributed by atoms with Crippen molar-refractivity contribution < 1.29 is 34.3 Å². The summed E-state index contributed by atoms with van der Waals surface area (Å²) >= 11 is 0. The molecular formula is C10H18O7. The minimum atomic E-state index is -1.30. The summed E-state index contributed by atoms with van der Waals surface area (Å²) in [5.41, 5.74) is 0. The molecule has 2 aliphatic rings. The zero-order chi connectivity index (χ0) is 12.6. The highest BCUT2D eigenvalue weighted by Gasteiger charge is 2.55. The van der Waals surface area contributed by atoms with Gasteiger partial charge in [0.15, 0.2) is 6.29 Å². The zero-order valence-electron chi connectivity index (χ0n) is 9.78. The van der Waals surface area contributed by atoms with Crippen LogP contribution in [0.15, 0.2) is 0 Å². The van der Waals surface area contributed by atoms with Crippen molar-refractivity contribution in [3.63, 3.8) is 0 Å². The van der Waals surface area contributed by atoms with Gasteiger partial charge in [-0.2, -0.15) is 0 Å². The SMILES string of the molecule is CCO[C@]1(C)O[C@H]2O[C@H](CO)[C@@H](O)[C@H](O)[C@H]2O1. The Morgan fingerprint density at radius 3 is 2.53 bits per heavy atom. The van der Waals surface area contributed by atoms with Gasteiger partial charge in [0.2, 0.25) is 0 Å². The minimum Gasteiger partial charge on any atom is -0.394 e. The quantitative estimate of drug-likeness (QED) is 0.563. The topological polar surface area (TPSA) is 97.6 Å². The fourth-order valence-electron chi connectivity index (χ4n) is 2.09. The maximum Gasteiger partial charge on any atom is 0.282 e. The van der Waals surface area contributed by atoms with E-state index in [9.17, 15) is 10.2 Å². The summed E-state index contributed by atoms with van der Waals surface area (Å²) in [5.74, 6) is -1.30. The standard InChI is InChI=1S/C10H18O7/c1-3-14-10(2)16-8-7(13)6(12)5(4-11)15-9(8)17-10/h5-9,11-13H,3-4H2,1-2H3/t5-,6-,7+,8-,9-,10+/m1/s1. The molecule has 0 aromatic heterocycles. The Morgan fingerprint density at radius 2 is 1.94 bits per heavy atom. The van der Waals surface area contributed by atoms with Gasteiger partial charge in [-0.1, -0.05) is 0 Å². The molecule has 2 fully saturated rings. The van der Waals surface area contributed by atoms with Gasteiger partial charge in [0.05, 0.1) is 6.61 Å². The molecule has 3 N–H and O–H groups in total. The van der Waals surface area contributed by atoms with Crippen LogP contribution in [-0.4, -0.2) is 65.2 Å². The first-order valence-corrected chi connectivity index (χ1v) is 5.63. The largest absolute Gasteiger partial charge is 0.394 e. The van der Waals surface area contributed by atoms with Gasteiger partial charge in [-0.05, 0) is 6.92 Å². The van der Waals surface area contributed by atoms with E-state index in [1.807, 2.05) is 0 Å². The van der Waals surface area contributed by atoms with E-state index in [1.165, 1.54) is 0 Å². The molecular weight excluding hydrogens is 232 g/mol. The Kier molecular flexibility index (Phi) is 3.69. The molecule has 100 valence electrons. The summed E-state index contributed by atoms with van der Waals surface area (Å²) in [5, 5.41) is 28.5. The van der Waals surface area contributed by atoms with Crippen molar-refractivity contribution in [2.24, 2.45) is 0 Å². The Labute approximate surface area is 98.8 Å². The van der Waals surface area contributed by atoms with Crippen molar-refractivity contribution in [1.29, 1.82) is 0 Å². The molecule has 0 aromatic rings. The summed E-state index contributed by atoms with van der Waals surface area (Å²) in [6.07, 6.45) is -4.98. The lowest BCUT2D eigenvalue weighted by molar-refractivity contribution is -0.342. The maximum atomic E-state index is 9.85. The number of hydrogen-bond acceptors (Lipinski definition) is 7. The van der Waals surface area contributed by atoms with Crippen molar-refractivity contribution in [2.75, 3.05) is 13.2 Å². The zero-order valence-corrected chi connectivity index (χ0v) is 9.78. The van der Waals surface area contributed by atoms with Crippen LogP contribution in [0.4, 0.5) is 0 Å². The van der Waals surface area contributed by atoms with E-state index in [0.29, 0.717) is 6.61 Å². The molecule has 0 aliphatic carbocycles. The van der Waals surface area contributed by atoms with Crippen LogP contribution in [-0.2, 0) is 18.9 Å². The molecule has 17 heavy (non-hydrogen) atoms. The predicted molar refractivity (Wildman–Crippen MR) is 53.7 cm³/mol. The highest BCUT2D eigenvalue weighted by atomic mass is 16.9. The summed E-state index contributed by atoms with van der Waals surface area (Å²) < 4.78 is 21.4. The molecule has 0 saturated carbocycles. The minimum absolute atomic E-state index is 0.373. The molecule has 0 radical (unpaired) electrons. The third-order valence-corrected chi connectivity index (χ3v) is 2.91. The molecule has 0 amide bonds. The average Bonchev–Trinajstić information content (AvgIpc) is 2.61. The van der Waals surface area contributed by atoms with E-state index < -0.39 is 43.3 Å². The van der Waals surface area contributed by atoms with E-state index in [0.717, 1.165) is 0 Å². The second kappa shape index (κ2) is 4.77. The maximum absolute atomic E-state index is 9.85. The molecule has 2 saturated heterocycles. The third-order valence-electron chi connectivity index (χ3n) is 2.91. The van der Waals surface area contributed by atoms with Crippen LogP contribution in [0, 0.1) is 0 Å². The summed E-state index contributed by atoms with van der Waals surface area (Å²) in [4.78, 5) is 0. The smallest absolute Gasteiger partial charge is 0.282 e. The van der Waals surface area contributed by atoms with Gasteiger partial charge in [-0.15, -0.1) is 0 Å². The van der Waals surface area contributed by atoms with Crippen molar-refractivity contribution in [2.45, 2.75) is 50.5 Å². The first-order chi connectivity index (χ1) is 8.00. The van der Waals surface area contributed by atoms with Gasteiger partial charge in [-0.3, -0.25) is 4.74 Å². The van der Waals surface area contributed by atoms with Gasteiger partial charge < -0.3 is 29.5 Å². The summed E-state index contributed by atoms with van der Waals surface area (Å²) in [6, 6.07) is 0. The normalized spacial score (nSPS) is 50.3. The van der Waals surface area contributed by atoms with Crippen LogP contribution >= 0.6 is 0 Å².